The molecule has 0 spiro atoms. The Bertz CT molecular complexity index is 1020. The van der Waals surface area contributed by atoms with Crippen molar-refractivity contribution in [2.45, 2.75) is 27.0 Å². The maximum absolute atomic E-state index is 13.0. The summed E-state index contributed by atoms with van der Waals surface area (Å²) in [5.74, 6) is 1.45. The number of aryl methyl sites for hydroxylation is 2. The van der Waals surface area contributed by atoms with Gasteiger partial charge in [0, 0.05) is 43.3 Å². The molecule has 0 atom stereocenters. The van der Waals surface area contributed by atoms with Crippen LogP contribution in [0.2, 0.25) is 5.02 Å². The molecule has 162 valence electrons. The van der Waals surface area contributed by atoms with E-state index in [1.165, 1.54) is 5.56 Å². The first-order valence-corrected chi connectivity index (χ1v) is 10.8. The summed E-state index contributed by atoms with van der Waals surface area (Å²) in [4.78, 5) is 17.3. The second-order valence-electron chi connectivity index (χ2n) is 7.81. The molecule has 1 aromatic heterocycles. The Morgan fingerprint density at radius 2 is 1.84 bits per heavy atom. The lowest BCUT2D eigenvalue weighted by Gasteiger charge is -2.34. The van der Waals surface area contributed by atoms with Crippen LogP contribution in [0.4, 0.5) is 0 Å². The van der Waals surface area contributed by atoms with Crippen LogP contribution in [0.15, 0.2) is 53.1 Å². The molecule has 1 aliphatic rings. The van der Waals surface area contributed by atoms with Crippen LogP contribution in [-0.2, 0) is 13.2 Å². The molecule has 1 amide bonds. The third kappa shape index (κ3) is 5.27. The zero-order valence-corrected chi connectivity index (χ0v) is 18.6. The summed E-state index contributed by atoms with van der Waals surface area (Å²) in [7, 11) is 0. The van der Waals surface area contributed by atoms with Crippen LogP contribution < -0.4 is 4.74 Å². The maximum atomic E-state index is 13.0. The predicted molar refractivity (Wildman–Crippen MR) is 119 cm³/mol. The van der Waals surface area contributed by atoms with Crippen LogP contribution in [0.25, 0.3) is 0 Å². The van der Waals surface area contributed by atoms with E-state index >= 15 is 0 Å². The Kier molecular flexibility index (Phi) is 6.59. The minimum Gasteiger partial charge on any atom is -0.489 e. The van der Waals surface area contributed by atoms with E-state index in [4.69, 9.17) is 20.9 Å². The molecule has 0 saturated carbocycles. The standard InChI is InChI=1S/C24H26ClN3O3/c1-17-23(18(2)31-26-17)16-30-22-5-3-4-20(14-22)24(29)28-12-10-27(11-13-28)15-19-6-8-21(25)9-7-19/h3-9,14H,10-13,15-16H2,1-2H3. The van der Waals surface area contributed by atoms with Crippen LogP contribution in [0, 0.1) is 13.8 Å². The van der Waals surface area contributed by atoms with Gasteiger partial charge in [-0.2, -0.15) is 0 Å². The van der Waals surface area contributed by atoms with Crippen molar-refractivity contribution in [2.75, 3.05) is 26.2 Å². The molecular formula is C24H26ClN3O3. The number of hydrogen-bond acceptors (Lipinski definition) is 5. The molecule has 1 saturated heterocycles. The van der Waals surface area contributed by atoms with Crippen molar-refractivity contribution in [3.8, 4) is 5.75 Å². The largest absolute Gasteiger partial charge is 0.489 e. The molecule has 2 aromatic carbocycles. The van der Waals surface area contributed by atoms with E-state index in [0.29, 0.717) is 31.0 Å². The van der Waals surface area contributed by atoms with Crippen LogP contribution in [0.5, 0.6) is 5.75 Å². The number of halogens is 1. The van der Waals surface area contributed by atoms with Crippen LogP contribution in [0.3, 0.4) is 0 Å². The Morgan fingerprint density at radius 1 is 1.10 bits per heavy atom. The summed E-state index contributed by atoms with van der Waals surface area (Å²) in [6.45, 7) is 8.08. The van der Waals surface area contributed by atoms with E-state index in [1.807, 2.05) is 61.2 Å². The summed E-state index contributed by atoms with van der Waals surface area (Å²) in [6.07, 6.45) is 0. The van der Waals surface area contributed by atoms with E-state index in [9.17, 15) is 4.79 Å². The molecule has 0 bridgehead atoms. The van der Waals surface area contributed by atoms with Gasteiger partial charge in [-0.25, -0.2) is 0 Å². The number of aromatic nitrogens is 1. The number of piperazine rings is 1. The van der Waals surface area contributed by atoms with Gasteiger partial charge in [0.25, 0.3) is 5.91 Å². The lowest BCUT2D eigenvalue weighted by molar-refractivity contribution is 0.0628. The molecular weight excluding hydrogens is 414 g/mol. The van der Waals surface area contributed by atoms with Crippen molar-refractivity contribution in [2.24, 2.45) is 0 Å². The molecule has 0 unspecified atom stereocenters. The molecule has 31 heavy (non-hydrogen) atoms. The summed E-state index contributed by atoms with van der Waals surface area (Å²) in [5.41, 5.74) is 3.63. The third-order valence-corrected chi connectivity index (χ3v) is 5.88. The first kappa shape index (κ1) is 21.4. The van der Waals surface area contributed by atoms with E-state index in [1.54, 1.807) is 6.07 Å². The SMILES string of the molecule is Cc1noc(C)c1COc1cccc(C(=O)N2CCN(Cc3ccc(Cl)cc3)CC2)c1. The highest BCUT2D eigenvalue weighted by Crippen LogP contribution is 2.20. The number of amides is 1. The number of hydrogen-bond donors (Lipinski definition) is 0. The van der Waals surface area contributed by atoms with Crippen LogP contribution in [0.1, 0.15) is 32.9 Å². The normalized spacial score (nSPS) is 14.6. The van der Waals surface area contributed by atoms with Gasteiger partial charge in [0.15, 0.2) is 0 Å². The van der Waals surface area contributed by atoms with Gasteiger partial charge in [-0.15, -0.1) is 0 Å². The average molecular weight is 440 g/mol. The van der Waals surface area contributed by atoms with E-state index < -0.39 is 0 Å². The molecule has 0 N–H and O–H groups in total. The van der Waals surface area contributed by atoms with Gasteiger partial charge >= 0.3 is 0 Å². The minimum atomic E-state index is 0.0360. The lowest BCUT2D eigenvalue weighted by Crippen LogP contribution is -2.48. The fourth-order valence-electron chi connectivity index (χ4n) is 3.72. The second kappa shape index (κ2) is 9.54. The Balaban J connectivity index is 1.32. The highest BCUT2D eigenvalue weighted by molar-refractivity contribution is 6.30. The zero-order chi connectivity index (χ0) is 21.8. The van der Waals surface area contributed by atoms with E-state index in [-0.39, 0.29) is 5.91 Å². The monoisotopic (exact) mass is 439 g/mol. The fraction of sp³-hybridized carbons (Fsp3) is 0.333. The first-order chi connectivity index (χ1) is 15.0. The smallest absolute Gasteiger partial charge is 0.254 e. The third-order valence-electron chi connectivity index (χ3n) is 5.62. The molecule has 7 heteroatoms. The Hall–Kier alpha value is -2.83. The molecule has 0 radical (unpaired) electrons. The second-order valence-corrected chi connectivity index (χ2v) is 8.25. The first-order valence-electron chi connectivity index (χ1n) is 10.4. The molecule has 3 aromatic rings. The van der Waals surface area contributed by atoms with Crippen molar-refractivity contribution >= 4 is 17.5 Å². The Labute approximate surface area is 187 Å². The number of rotatable bonds is 6. The van der Waals surface area contributed by atoms with Crippen molar-refractivity contribution in [1.82, 2.24) is 15.0 Å². The van der Waals surface area contributed by atoms with Gasteiger partial charge in [0.2, 0.25) is 0 Å². The van der Waals surface area contributed by atoms with Crippen LogP contribution in [-0.4, -0.2) is 47.0 Å². The predicted octanol–water partition coefficient (Wildman–Crippen LogP) is 4.48. The molecule has 1 fully saturated rings. The summed E-state index contributed by atoms with van der Waals surface area (Å²) >= 11 is 5.96. The average Bonchev–Trinajstić information content (AvgIpc) is 3.11. The number of benzene rings is 2. The molecule has 4 rings (SSSR count). The quantitative estimate of drug-likeness (QED) is 0.566. The lowest BCUT2D eigenvalue weighted by atomic mass is 10.1. The number of ether oxygens (including phenoxy) is 1. The highest BCUT2D eigenvalue weighted by Gasteiger charge is 2.22. The highest BCUT2D eigenvalue weighted by atomic mass is 35.5. The van der Waals surface area contributed by atoms with Crippen molar-refractivity contribution in [3.63, 3.8) is 0 Å². The summed E-state index contributed by atoms with van der Waals surface area (Å²) < 4.78 is 11.1. The number of carbonyl (C=O) groups is 1. The van der Waals surface area contributed by atoms with Crippen molar-refractivity contribution < 1.29 is 14.1 Å². The van der Waals surface area contributed by atoms with Crippen LogP contribution >= 0.6 is 11.6 Å². The molecule has 1 aliphatic heterocycles. The minimum absolute atomic E-state index is 0.0360. The zero-order valence-electron chi connectivity index (χ0n) is 17.8. The van der Waals surface area contributed by atoms with Gasteiger partial charge in [-0.05, 0) is 49.7 Å². The van der Waals surface area contributed by atoms with Gasteiger partial charge in [-0.1, -0.05) is 35.0 Å². The van der Waals surface area contributed by atoms with Crippen molar-refractivity contribution in [3.05, 3.63) is 81.7 Å². The Morgan fingerprint density at radius 3 is 2.52 bits per heavy atom. The van der Waals surface area contributed by atoms with Gasteiger partial charge in [0.1, 0.15) is 18.1 Å². The van der Waals surface area contributed by atoms with E-state index in [2.05, 4.69) is 10.1 Å². The van der Waals surface area contributed by atoms with E-state index in [0.717, 1.165) is 41.7 Å². The van der Waals surface area contributed by atoms with Crippen molar-refractivity contribution in [1.29, 1.82) is 0 Å². The number of nitrogens with zero attached hydrogens (tertiary/aromatic N) is 3. The maximum Gasteiger partial charge on any atom is 0.254 e. The van der Waals surface area contributed by atoms with Gasteiger partial charge in [0.05, 0.1) is 11.3 Å². The molecule has 2 heterocycles. The number of carbonyl (C=O) groups excluding carboxylic acids is 1. The summed E-state index contributed by atoms with van der Waals surface area (Å²) in [5, 5.41) is 4.69. The van der Waals surface area contributed by atoms with Gasteiger partial charge in [-0.3, -0.25) is 9.69 Å². The summed E-state index contributed by atoms with van der Waals surface area (Å²) in [6, 6.07) is 15.3. The fourth-order valence-corrected chi connectivity index (χ4v) is 3.85. The molecule has 0 aliphatic carbocycles. The molecule has 6 nitrogen and oxygen atoms in total. The topological polar surface area (TPSA) is 58.8 Å². The van der Waals surface area contributed by atoms with Gasteiger partial charge < -0.3 is 14.2 Å².